The van der Waals surface area contributed by atoms with Crippen LogP contribution in [0.3, 0.4) is 0 Å². The Hall–Kier alpha value is -3.63. The Morgan fingerprint density at radius 2 is 1.67 bits per heavy atom. The average Bonchev–Trinajstić information content (AvgIpc) is 3.51. The average molecular weight is 553 g/mol. The second kappa shape index (κ2) is 12.9. The summed E-state index contributed by atoms with van der Waals surface area (Å²) in [5.41, 5.74) is 2.36. The smallest absolute Gasteiger partial charge is 0.243 e. The van der Waals surface area contributed by atoms with Crippen LogP contribution in [0.25, 0.3) is 0 Å². The lowest BCUT2D eigenvalue weighted by Gasteiger charge is -2.29. The van der Waals surface area contributed by atoms with Gasteiger partial charge in [0.1, 0.15) is 11.9 Å². The Bertz CT molecular complexity index is 1360. The van der Waals surface area contributed by atoms with E-state index in [9.17, 15) is 22.4 Å². The molecule has 0 saturated carbocycles. The Kier molecular flexibility index (Phi) is 9.42. The number of halogens is 1. The molecule has 10 heteroatoms. The predicted molar refractivity (Wildman–Crippen MR) is 145 cm³/mol. The summed E-state index contributed by atoms with van der Waals surface area (Å²) >= 11 is 0. The van der Waals surface area contributed by atoms with Gasteiger partial charge in [-0.05, 0) is 73.2 Å². The summed E-state index contributed by atoms with van der Waals surface area (Å²) in [6.07, 6.45) is 5.55. The fourth-order valence-corrected chi connectivity index (χ4v) is 6.03. The number of amides is 2. The highest BCUT2D eigenvalue weighted by molar-refractivity contribution is 7.89. The van der Waals surface area contributed by atoms with Crippen molar-refractivity contribution >= 4 is 21.8 Å². The standard InChI is InChI=1S/C29H33FN4O4S/c1-22(29(36)32-20-25-5-4-16-31-19-25)34(21-24-6-11-26(30)12-7-24)28(35)15-10-23-8-13-27(14-9-23)39(37,38)33-17-2-3-18-33/h4-9,11-14,16,19,22H,2-3,10,15,17-18,20-21H2,1H3,(H,32,36)/t22-/m1/s1. The maximum atomic E-state index is 13.4. The number of nitrogens with zero attached hydrogens (tertiary/aromatic N) is 3. The number of nitrogens with one attached hydrogen (secondary N) is 1. The quantitative estimate of drug-likeness (QED) is 0.391. The normalized spacial score (nSPS) is 14.6. The lowest BCUT2D eigenvalue weighted by atomic mass is 10.1. The van der Waals surface area contributed by atoms with E-state index in [0.717, 1.165) is 24.0 Å². The van der Waals surface area contributed by atoms with Gasteiger partial charge in [0, 0.05) is 45.0 Å². The maximum Gasteiger partial charge on any atom is 0.243 e. The molecule has 1 aliphatic rings. The number of hydrogen-bond donors (Lipinski definition) is 1. The molecule has 0 spiro atoms. The van der Waals surface area contributed by atoms with Gasteiger partial charge in [0.2, 0.25) is 21.8 Å². The summed E-state index contributed by atoms with van der Waals surface area (Å²) in [4.78, 5) is 32.1. The van der Waals surface area contributed by atoms with Crippen molar-refractivity contribution in [1.29, 1.82) is 0 Å². The Balaban J connectivity index is 1.42. The summed E-state index contributed by atoms with van der Waals surface area (Å²) in [7, 11) is -3.50. The third kappa shape index (κ3) is 7.48. The Morgan fingerprint density at radius 1 is 1.00 bits per heavy atom. The van der Waals surface area contributed by atoms with Crippen molar-refractivity contribution in [1.82, 2.24) is 19.5 Å². The van der Waals surface area contributed by atoms with Crippen LogP contribution in [-0.4, -0.2) is 53.6 Å². The maximum absolute atomic E-state index is 13.4. The van der Waals surface area contributed by atoms with E-state index in [1.165, 1.54) is 21.3 Å². The fourth-order valence-electron chi connectivity index (χ4n) is 4.51. The monoisotopic (exact) mass is 552 g/mol. The van der Waals surface area contributed by atoms with E-state index in [4.69, 9.17) is 0 Å². The van der Waals surface area contributed by atoms with Crippen LogP contribution in [0.15, 0.2) is 78.0 Å². The molecule has 2 heterocycles. The van der Waals surface area contributed by atoms with Crippen molar-refractivity contribution in [3.05, 3.63) is 95.6 Å². The van der Waals surface area contributed by atoms with Gasteiger partial charge in [0.15, 0.2) is 0 Å². The number of rotatable bonds is 11. The Morgan fingerprint density at radius 3 is 2.31 bits per heavy atom. The molecule has 1 aliphatic heterocycles. The van der Waals surface area contributed by atoms with Crippen LogP contribution >= 0.6 is 0 Å². The number of carbonyl (C=O) groups is 2. The minimum atomic E-state index is -3.50. The topological polar surface area (TPSA) is 99.7 Å². The molecule has 0 radical (unpaired) electrons. The van der Waals surface area contributed by atoms with Gasteiger partial charge in [-0.2, -0.15) is 4.31 Å². The van der Waals surface area contributed by atoms with E-state index >= 15 is 0 Å². The molecular weight excluding hydrogens is 519 g/mol. The molecule has 0 bridgehead atoms. The molecule has 4 rings (SSSR count). The van der Waals surface area contributed by atoms with E-state index in [0.29, 0.717) is 25.1 Å². The fraction of sp³-hybridized carbons (Fsp3) is 0.345. The highest BCUT2D eigenvalue weighted by Gasteiger charge is 2.28. The minimum absolute atomic E-state index is 0.125. The molecule has 8 nitrogen and oxygen atoms in total. The van der Waals surface area contributed by atoms with Gasteiger partial charge < -0.3 is 10.2 Å². The molecule has 1 saturated heterocycles. The molecule has 2 amide bonds. The lowest BCUT2D eigenvalue weighted by Crippen LogP contribution is -2.47. The highest BCUT2D eigenvalue weighted by Crippen LogP contribution is 2.22. The van der Waals surface area contributed by atoms with E-state index in [2.05, 4.69) is 10.3 Å². The van der Waals surface area contributed by atoms with Crippen LogP contribution in [0.2, 0.25) is 0 Å². The zero-order valence-electron chi connectivity index (χ0n) is 21.9. The first kappa shape index (κ1) is 28.4. The van der Waals surface area contributed by atoms with Crippen molar-refractivity contribution in [3.8, 4) is 0 Å². The lowest BCUT2D eigenvalue weighted by molar-refractivity contribution is -0.140. The van der Waals surface area contributed by atoms with Gasteiger partial charge in [0.25, 0.3) is 0 Å². The van der Waals surface area contributed by atoms with Crippen LogP contribution in [0.5, 0.6) is 0 Å². The van der Waals surface area contributed by atoms with E-state index < -0.39 is 16.1 Å². The first-order valence-electron chi connectivity index (χ1n) is 13.0. The SMILES string of the molecule is C[C@H](C(=O)NCc1cccnc1)N(Cc1ccc(F)cc1)C(=O)CCc1ccc(S(=O)(=O)N2CCCC2)cc1. The van der Waals surface area contributed by atoms with E-state index in [1.807, 2.05) is 6.07 Å². The highest BCUT2D eigenvalue weighted by atomic mass is 32.2. The van der Waals surface area contributed by atoms with Crippen LogP contribution in [0.1, 0.15) is 42.9 Å². The predicted octanol–water partition coefficient (Wildman–Crippen LogP) is 3.67. The van der Waals surface area contributed by atoms with Crippen LogP contribution in [0.4, 0.5) is 4.39 Å². The van der Waals surface area contributed by atoms with Gasteiger partial charge in [-0.1, -0.05) is 30.3 Å². The van der Waals surface area contributed by atoms with Crippen LogP contribution in [-0.2, 0) is 39.1 Å². The molecule has 3 aromatic rings. The second-order valence-electron chi connectivity index (χ2n) is 9.66. The molecule has 206 valence electrons. The number of benzene rings is 2. The number of carbonyl (C=O) groups excluding carboxylic acids is 2. The van der Waals surface area contributed by atoms with Gasteiger partial charge in [0.05, 0.1) is 4.90 Å². The third-order valence-electron chi connectivity index (χ3n) is 6.88. The first-order chi connectivity index (χ1) is 18.7. The van der Waals surface area contributed by atoms with Crippen molar-refractivity contribution in [2.75, 3.05) is 13.1 Å². The zero-order chi connectivity index (χ0) is 27.8. The van der Waals surface area contributed by atoms with Gasteiger partial charge >= 0.3 is 0 Å². The number of pyridine rings is 1. The van der Waals surface area contributed by atoms with Crippen LogP contribution in [0, 0.1) is 5.82 Å². The number of hydrogen-bond acceptors (Lipinski definition) is 5. The largest absolute Gasteiger partial charge is 0.350 e. The van der Waals surface area contributed by atoms with Crippen molar-refractivity contribution in [2.45, 2.75) is 56.6 Å². The van der Waals surface area contributed by atoms with Crippen molar-refractivity contribution in [3.63, 3.8) is 0 Å². The summed E-state index contributed by atoms with van der Waals surface area (Å²) in [5, 5.41) is 2.85. The summed E-state index contributed by atoms with van der Waals surface area (Å²) < 4.78 is 40.5. The first-order valence-corrected chi connectivity index (χ1v) is 14.5. The van der Waals surface area contributed by atoms with Gasteiger partial charge in [-0.25, -0.2) is 12.8 Å². The molecule has 0 aliphatic carbocycles. The minimum Gasteiger partial charge on any atom is -0.350 e. The number of sulfonamides is 1. The molecular formula is C29H33FN4O4S. The molecule has 1 atom stereocenters. The molecule has 39 heavy (non-hydrogen) atoms. The number of aryl methyl sites for hydroxylation is 1. The molecule has 2 aromatic carbocycles. The molecule has 0 unspecified atom stereocenters. The van der Waals surface area contributed by atoms with Crippen molar-refractivity contribution in [2.24, 2.45) is 0 Å². The summed E-state index contributed by atoms with van der Waals surface area (Å²) in [6.45, 7) is 3.17. The molecule has 1 fully saturated rings. The van der Waals surface area contributed by atoms with E-state index in [1.54, 1.807) is 61.8 Å². The van der Waals surface area contributed by atoms with Gasteiger partial charge in [-0.15, -0.1) is 0 Å². The van der Waals surface area contributed by atoms with E-state index in [-0.39, 0.29) is 42.0 Å². The summed E-state index contributed by atoms with van der Waals surface area (Å²) in [6, 6.07) is 15.3. The second-order valence-corrected chi connectivity index (χ2v) is 11.6. The zero-order valence-corrected chi connectivity index (χ0v) is 22.7. The van der Waals surface area contributed by atoms with Gasteiger partial charge in [-0.3, -0.25) is 14.6 Å². The molecule has 1 aromatic heterocycles. The number of aromatic nitrogens is 1. The van der Waals surface area contributed by atoms with Crippen LogP contribution < -0.4 is 5.32 Å². The Labute approximate surface area is 228 Å². The third-order valence-corrected chi connectivity index (χ3v) is 8.79. The summed E-state index contributed by atoms with van der Waals surface area (Å²) in [5.74, 6) is -0.933. The van der Waals surface area contributed by atoms with Crippen molar-refractivity contribution < 1.29 is 22.4 Å². The molecule has 1 N–H and O–H groups in total.